The summed E-state index contributed by atoms with van der Waals surface area (Å²) < 4.78 is 58.3. The first-order valence-corrected chi connectivity index (χ1v) is 9.61. The van der Waals surface area contributed by atoms with Gasteiger partial charge in [-0.05, 0) is 81.0 Å². The van der Waals surface area contributed by atoms with Crippen molar-refractivity contribution >= 4 is 0 Å². The molecule has 0 amide bonds. The van der Waals surface area contributed by atoms with Gasteiger partial charge in [0.2, 0.25) is 0 Å². The van der Waals surface area contributed by atoms with Crippen molar-refractivity contribution in [1.82, 2.24) is 5.32 Å². The summed E-state index contributed by atoms with van der Waals surface area (Å²) in [5, 5.41) is 3.58. The molecule has 0 spiro atoms. The highest BCUT2D eigenvalue weighted by molar-refractivity contribution is 5.33. The molecule has 0 bridgehead atoms. The van der Waals surface area contributed by atoms with Crippen LogP contribution in [0.3, 0.4) is 0 Å². The summed E-state index contributed by atoms with van der Waals surface area (Å²) >= 11 is 0. The Balaban J connectivity index is 1.49. The summed E-state index contributed by atoms with van der Waals surface area (Å²) in [6, 6.07) is 3.65. The van der Waals surface area contributed by atoms with E-state index in [1.165, 1.54) is 6.07 Å². The highest BCUT2D eigenvalue weighted by atomic mass is 19.4. The van der Waals surface area contributed by atoms with Gasteiger partial charge < -0.3 is 10.1 Å². The predicted molar refractivity (Wildman–Crippen MR) is 92.6 cm³/mol. The molecule has 1 heterocycles. The second-order valence-electron chi connectivity index (χ2n) is 7.58. The number of hydrogen-bond acceptors (Lipinski definition) is 2. The Labute approximate surface area is 152 Å². The van der Waals surface area contributed by atoms with Crippen LogP contribution in [-0.2, 0) is 10.9 Å². The minimum Gasteiger partial charge on any atom is -0.381 e. The van der Waals surface area contributed by atoms with Crippen LogP contribution in [0, 0.1) is 11.7 Å². The lowest BCUT2D eigenvalue weighted by Crippen LogP contribution is -2.36. The van der Waals surface area contributed by atoms with Gasteiger partial charge in [0.25, 0.3) is 0 Å². The van der Waals surface area contributed by atoms with Crippen molar-refractivity contribution in [3.63, 3.8) is 0 Å². The molecule has 1 N–H and O–H groups in total. The molecule has 6 heteroatoms. The van der Waals surface area contributed by atoms with Gasteiger partial charge in [0.15, 0.2) is 0 Å². The third-order valence-electron chi connectivity index (χ3n) is 5.81. The molecule has 2 fully saturated rings. The van der Waals surface area contributed by atoms with E-state index in [4.69, 9.17) is 4.74 Å². The minimum absolute atomic E-state index is 0.119. The fraction of sp³-hybridized carbons (Fsp3) is 0.700. The number of ether oxygens (including phenoxy) is 1. The molecule has 146 valence electrons. The van der Waals surface area contributed by atoms with Crippen molar-refractivity contribution in [1.29, 1.82) is 0 Å². The largest absolute Gasteiger partial charge is 0.416 e. The standard InChI is InChI=1S/C20H27F4NO/c21-16-5-6-18(19(13-16)20(22,23)24)15-3-1-14(2-4-15)7-10-25-17-8-11-26-12-9-17/h5-6,13-15,17,25H,1-4,7-12H2/t14-,15+. The van der Waals surface area contributed by atoms with Crippen LogP contribution in [-0.4, -0.2) is 25.8 Å². The zero-order valence-electron chi connectivity index (χ0n) is 15.0. The zero-order chi connectivity index (χ0) is 18.6. The number of hydrogen-bond donors (Lipinski definition) is 1. The Hall–Kier alpha value is -1.14. The highest BCUT2D eigenvalue weighted by Crippen LogP contribution is 2.42. The van der Waals surface area contributed by atoms with Crippen LogP contribution in [0.15, 0.2) is 18.2 Å². The number of rotatable bonds is 5. The molecule has 0 radical (unpaired) electrons. The van der Waals surface area contributed by atoms with Gasteiger partial charge in [-0.3, -0.25) is 0 Å². The number of benzene rings is 1. The number of nitrogens with one attached hydrogen (secondary N) is 1. The summed E-state index contributed by atoms with van der Waals surface area (Å²) in [5.41, 5.74) is -0.542. The van der Waals surface area contributed by atoms with Gasteiger partial charge in [-0.15, -0.1) is 0 Å². The topological polar surface area (TPSA) is 21.3 Å². The second-order valence-corrected chi connectivity index (χ2v) is 7.58. The van der Waals surface area contributed by atoms with Crippen LogP contribution in [0.2, 0.25) is 0 Å². The SMILES string of the molecule is Fc1ccc([C@H]2CC[C@@H](CCNC3CCOCC3)CC2)c(C(F)(F)F)c1. The van der Waals surface area contributed by atoms with E-state index in [1.807, 2.05) is 0 Å². The molecule has 1 aromatic rings. The van der Waals surface area contributed by atoms with E-state index in [0.717, 1.165) is 70.8 Å². The van der Waals surface area contributed by atoms with Crippen molar-refractivity contribution in [3.05, 3.63) is 35.1 Å². The number of alkyl halides is 3. The smallest absolute Gasteiger partial charge is 0.381 e. The summed E-state index contributed by atoms with van der Waals surface area (Å²) in [5.74, 6) is -0.380. The molecule has 0 atom stereocenters. The van der Waals surface area contributed by atoms with Gasteiger partial charge in [-0.1, -0.05) is 6.07 Å². The van der Waals surface area contributed by atoms with Gasteiger partial charge >= 0.3 is 6.18 Å². The molecular formula is C20H27F4NO. The normalized spacial score (nSPS) is 25.4. The summed E-state index contributed by atoms with van der Waals surface area (Å²) in [6.07, 6.45) is 2.05. The molecule has 1 saturated carbocycles. The molecule has 1 aromatic carbocycles. The molecule has 2 aliphatic rings. The van der Waals surface area contributed by atoms with E-state index in [-0.39, 0.29) is 11.5 Å². The van der Waals surface area contributed by atoms with E-state index in [9.17, 15) is 17.6 Å². The molecule has 0 unspecified atom stereocenters. The van der Waals surface area contributed by atoms with Crippen LogP contribution in [0.5, 0.6) is 0 Å². The molecular weight excluding hydrogens is 346 g/mol. The predicted octanol–water partition coefficient (Wildman–Crippen LogP) is 5.28. The quantitative estimate of drug-likeness (QED) is 0.710. The average Bonchev–Trinajstić information content (AvgIpc) is 2.63. The van der Waals surface area contributed by atoms with Crippen LogP contribution in [0.4, 0.5) is 17.6 Å². The Kier molecular flexibility index (Phi) is 6.56. The summed E-state index contributed by atoms with van der Waals surface area (Å²) in [7, 11) is 0. The van der Waals surface area contributed by atoms with E-state index in [2.05, 4.69) is 5.32 Å². The lowest BCUT2D eigenvalue weighted by molar-refractivity contribution is -0.138. The van der Waals surface area contributed by atoms with E-state index in [1.54, 1.807) is 0 Å². The van der Waals surface area contributed by atoms with Crippen molar-refractivity contribution in [2.75, 3.05) is 19.8 Å². The maximum absolute atomic E-state index is 13.3. The van der Waals surface area contributed by atoms with Gasteiger partial charge in [0.05, 0.1) is 5.56 Å². The third kappa shape index (κ3) is 5.19. The molecule has 1 saturated heterocycles. The molecule has 26 heavy (non-hydrogen) atoms. The van der Waals surface area contributed by atoms with Crippen LogP contribution in [0.25, 0.3) is 0 Å². The van der Waals surface area contributed by atoms with Gasteiger partial charge in [-0.25, -0.2) is 4.39 Å². The van der Waals surface area contributed by atoms with Crippen LogP contribution >= 0.6 is 0 Å². The molecule has 2 nitrogen and oxygen atoms in total. The van der Waals surface area contributed by atoms with Crippen molar-refractivity contribution in [2.45, 2.75) is 63.1 Å². The lowest BCUT2D eigenvalue weighted by Gasteiger charge is -2.31. The first-order chi connectivity index (χ1) is 12.4. The highest BCUT2D eigenvalue weighted by Gasteiger charge is 2.36. The van der Waals surface area contributed by atoms with E-state index >= 15 is 0 Å². The van der Waals surface area contributed by atoms with Crippen molar-refractivity contribution < 1.29 is 22.3 Å². The van der Waals surface area contributed by atoms with Gasteiger partial charge in [0, 0.05) is 19.3 Å². The molecule has 1 aliphatic carbocycles. The van der Waals surface area contributed by atoms with Crippen molar-refractivity contribution in [3.8, 4) is 0 Å². The maximum Gasteiger partial charge on any atom is 0.416 e. The number of halogens is 4. The van der Waals surface area contributed by atoms with Gasteiger partial charge in [-0.2, -0.15) is 13.2 Å². The Morgan fingerprint density at radius 3 is 2.35 bits per heavy atom. The minimum atomic E-state index is -4.50. The lowest BCUT2D eigenvalue weighted by atomic mass is 9.76. The molecule has 0 aromatic heterocycles. The first kappa shape index (κ1) is 19.6. The molecule has 3 rings (SSSR count). The Morgan fingerprint density at radius 1 is 1.00 bits per heavy atom. The van der Waals surface area contributed by atoms with Crippen LogP contribution < -0.4 is 5.32 Å². The second kappa shape index (κ2) is 8.70. The Morgan fingerprint density at radius 2 is 1.69 bits per heavy atom. The van der Waals surface area contributed by atoms with Gasteiger partial charge in [0.1, 0.15) is 5.82 Å². The van der Waals surface area contributed by atoms with Crippen molar-refractivity contribution in [2.24, 2.45) is 5.92 Å². The fourth-order valence-corrected chi connectivity index (χ4v) is 4.29. The van der Waals surface area contributed by atoms with Crippen LogP contribution in [0.1, 0.15) is 62.0 Å². The summed E-state index contributed by atoms with van der Waals surface area (Å²) in [6.45, 7) is 2.61. The summed E-state index contributed by atoms with van der Waals surface area (Å²) in [4.78, 5) is 0. The Bertz CT molecular complexity index is 576. The van der Waals surface area contributed by atoms with E-state index in [0.29, 0.717) is 18.0 Å². The maximum atomic E-state index is 13.3. The molecule has 1 aliphatic heterocycles. The average molecular weight is 373 g/mol. The monoisotopic (exact) mass is 373 g/mol. The van der Waals surface area contributed by atoms with E-state index < -0.39 is 17.6 Å². The first-order valence-electron chi connectivity index (χ1n) is 9.61. The fourth-order valence-electron chi connectivity index (χ4n) is 4.29. The zero-order valence-corrected chi connectivity index (χ0v) is 15.0. The third-order valence-corrected chi connectivity index (χ3v) is 5.81.